The highest BCUT2D eigenvalue weighted by molar-refractivity contribution is 5.17. The number of ether oxygens (including phenoxy) is 1. The van der Waals surface area contributed by atoms with E-state index in [4.69, 9.17) is 4.74 Å². The van der Waals surface area contributed by atoms with E-state index in [1.165, 1.54) is 25.7 Å². The molecule has 0 aliphatic heterocycles. The summed E-state index contributed by atoms with van der Waals surface area (Å²) < 4.78 is 5.51. The molecule has 0 heterocycles. The molecule has 0 radical (unpaired) electrons. The quantitative estimate of drug-likeness (QED) is 0.768. The Balaban J connectivity index is 1.81. The van der Waals surface area contributed by atoms with E-state index in [0.29, 0.717) is 12.1 Å². The predicted octanol–water partition coefficient (Wildman–Crippen LogP) is 1.98. The highest BCUT2D eigenvalue weighted by Gasteiger charge is 2.46. The first kappa shape index (κ1) is 10.9. The molecule has 3 heteroatoms. The average Bonchev–Trinajstić information content (AvgIpc) is 2.67. The van der Waals surface area contributed by atoms with Crippen LogP contribution in [-0.4, -0.2) is 24.3 Å². The van der Waals surface area contributed by atoms with Crippen LogP contribution in [0, 0.1) is 11.3 Å². The van der Waals surface area contributed by atoms with Crippen molar-refractivity contribution < 1.29 is 4.74 Å². The van der Waals surface area contributed by atoms with Gasteiger partial charge in [-0.2, -0.15) is 5.26 Å². The third-order valence-corrected chi connectivity index (χ3v) is 3.60. The van der Waals surface area contributed by atoms with Crippen molar-refractivity contribution in [2.75, 3.05) is 6.61 Å². The topological polar surface area (TPSA) is 45.0 Å². The van der Waals surface area contributed by atoms with Crippen LogP contribution in [0.3, 0.4) is 0 Å². The summed E-state index contributed by atoms with van der Waals surface area (Å²) in [6.45, 7) is 2.77. The predicted molar refractivity (Wildman–Crippen MR) is 58.4 cm³/mol. The summed E-state index contributed by atoms with van der Waals surface area (Å²) in [6.07, 6.45) is 7.15. The van der Waals surface area contributed by atoms with E-state index in [1.54, 1.807) is 0 Å². The zero-order valence-corrected chi connectivity index (χ0v) is 9.46. The maximum Gasteiger partial charge on any atom is 0.111 e. The lowest BCUT2D eigenvalue weighted by Crippen LogP contribution is -2.59. The van der Waals surface area contributed by atoms with Gasteiger partial charge in [0.2, 0.25) is 0 Å². The van der Waals surface area contributed by atoms with Gasteiger partial charge in [-0.3, -0.25) is 5.32 Å². The zero-order valence-electron chi connectivity index (χ0n) is 9.46. The van der Waals surface area contributed by atoms with Crippen molar-refractivity contribution in [2.45, 2.75) is 63.1 Å². The molecule has 0 aromatic rings. The Bertz CT molecular complexity index is 247. The number of nitriles is 1. The second kappa shape index (κ2) is 4.51. The lowest BCUT2D eigenvalue weighted by molar-refractivity contribution is -0.0344. The van der Waals surface area contributed by atoms with Crippen LogP contribution in [0.5, 0.6) is 0 Å². The van der Waals surface area contributed by atoms with Crippen molar-refractivity contribution in [3.05, 3.63) is 0 Å². The molecule has 0 aromatic heterocycles. The summed E-state index contributed by atoms with van der Waals surface area (Å²) in [5, 5.41) is 12.7. The van der Waals surface area contributed by atoms with Crippen LogP contribution in [-0.2, 0) is 4.74 Å². The Labute approximate surface area is 91.8 Å². The van der Waals surface area contributed by atoms with Crippen molar-refractivity contribution in [2.24, 2.45) is 0 Å². The fraction of sp³-hybridized carbons (Fsp3) is 0.917. The Morgan fingerprint density at radius 3 is 2.60 bits per heavy atom. The van der Waals surface area contributed by atoms with Gasteiger partial charge in [0.1, 0.15) is 5.54 Å². The molecule has 0 atom stereocenters. The van der Waals surface area contributed by atoms with Gasteiger partial charge in [-0.25, -0.2) is 0 Å². The maximum atomic E-state index is 9.21. The SMILES string of the molecule is CCOC1CC(C#N)(NC2CCCC2)C1. The summed E-state index contributed by atoms with van der Waals surface area (Å²) in [4.78, 5) is 0. The van der Waals surface area contributed by atoms with Crippen molar-refractivity contribution in [3.63, 3.8) is 0 Å². The van der Waals surface area contributed by atoms with Crippen LogP contribution < -0.4 is 5.32 Å². The monoisotopic (exact) mass is 208 g/mol. The van der Waals surface area contributed by atoms with Crippen molar-refractivity contribution in [1.82, 2.24) is 5.32 Å². The van der Waals surface area contributed by atoms with Crippen LogP contribution >= 0.6 is 0 Å². The van der Waals surface area contributed by atoms with E-state index in [-0.39, 0.29) is 5.54 Å². The second-order valence-electron chi connectivity index (χ2n) is 4.81. The van der Waals surface area contributed by atoms with Gasteiger partial charge in [0.15, 0.2) is 0 Å². The molecular weight excluding hydrogens is 188 g/mol. The van der Waals surface area contributed by atoms with Crippen LogP contribution in [0.2, 0.25) is 0 Å². The van der Waals surface area contributed by atoms with Crippen LogP contribution in [0.1, 0.15) is 45.4 Å². The van der Waals surface area contributed by atoms with Crippen LogP contribution in [0.25, 0.3) is 0 Å². The molecule has 0 unspecified atom stereocenters. The molecule has 0 saturated heterocycles. The third kappa shape index (κ3) is 2.32. The van der Waals surface area contributed by atoms with Gasteiger partial charge >= 0.3 is 0 Å². The highest BCUT2D eigenvalue weighted by Crippen LogP contribution is 2.36. The molecule has 0 amide bonds. The van der Waals surface area contributed by atoms with Gasteiger partial charge in [-0.05, 0) is 19.8 Å². The first-order valence-electron chi connectivity index (χ1n) is 6.08. The molecule has 2 saturated carbocycles. The zero-order chi connectivity index (χ0) is 10.7. The third-order valence-electron chi connectivity index (χ3n) is 3.60. The highest BCUT2D eigenvalue weighted by atomic mass is 16.5. The molecule has 2 aliphatic rings. The van der Waals surface area contributed by atoms with E-state index < -0.39 is 0 Å². The lowest BCUT2D eigenvalue weighted by Gasteiger charge is -2.44. The minimum Gasteiger partial charge on any atom is -0.378 e. The fourth-order valence-corrected chi connectivity index (χ4v) is 2.77. The molecule has 2 aliphatic carbocycles. The summed E-state index contributed by atoms with van der Waals surface area (Å²) in [6, 6.07) is 3.02. The van der Waals surface area contributed by atoms with E-state index in [1.807, 2.05) is 6.92 Å². The largest absolute Gasteiger partial charge is 0.378 e. The number of hydrogen-bond donors (Lipinski definition) is 1. The molecule has 15 heavy (non-hydrogen) atoms. The fourth-order valence-electron chi connectivity index (χ4n) is 2.77. The van der Waals surface area contributed by atoms with Gasteiger partial charge in [0.25, 0.3) is 0 Å². The van der Waals surface area contributed by atoms with Crippen LogP contribution in [0.4, 0.5) is 0 Å². The smallest absolute Gasteiger partial charge is 0.111 e. The molecule has 0 bridgehead atoms. The number of rotatable bonds is 4. The normalized spacial score (nSPS) is 36.1. The Morgan fingerprint density at radius 1 is 1.40 bits per heavy atom. The molecule has 0 spiro atoms. The van der Waals surface area contributed by atoms with Gasteiger partial charge < -0.3 is 4.74 Å². The Hall–Kier alpha value is -0.590. The van der Waals surface area contributed by atoms with Gasteiger partial charge in [-0.15, -0.1) is 0 Å². The first-order valence-corrected chi connectivity index (χ1v) is 6.08. The minimum atomic E-state index is -0.269. The lowest BCUT2D eigenvalue weighted by atomic mass is 9.74. The number of hydrogen-bond acceptors (Lipinski definition) is 3. The van der Waals surface area contributed by atoms with E-state index >= 15 is 0 Å². The van der Waals surface area contributed by atoms with E-state index in [2.05, 4.69) is 11.4 Å². The van der Waals surface area contributed by atoms with Gasteiger partial charge in [0.05, 0.1) is 12.2 Å². The standard InChI is InChI=1S/C12H20N2O/c1-2-15-11-7-12(8-11,9-13)14-10-5-3-4-6-10/h10-11,14H,2-8H2,1H3. The van der Waals surface area contributed by atoms with E-state index in [0.717, 1.165) is 19.4 Å². The van der Waals surface area contributed by atoms with Gasteiger partial charge in [-0.1, -0.05) is 12.8 Å². The molecule has 84 valence electrons. The van der Waals surface area contributed by atoms with Crippen molar-refractivity contribution >= 4 is 0 Å². The molecule has 3 nitrogen and oxygen atoms in total. The van der Waals surface area contributed by atoms with Crippen LogP contribution in [0.15, 0.2) is 0 Å². The Kier molecular flexibility index (Phi) is 3.28. The Morgan fingerprint density at radius 2 is 2.07 bits per heavy atom. The van der Waals surface area contributed by atoms with Crippen molar-refractivity contribution in [1.29, 1.82) is 5.26 Å². The second-order valence-corrected chi connectivity index (χ2v) is 4.81. The summed E-state index contributed by atoms with van der Waals surface area (Å²) >= 11 is 0. The maximum absolute atomic E-state index is 9.21. The number of nitrogens with zero attached hydrogens (tertiary/aromatic N) is 1. The van der Waals surface area contributed by atoms with E-state index in [9.17, 15) is 5.26 Å². The summed E-state index contributed by atoms with van der Waals surface area (Å²) in [5.74, 6) is 0. The molecule has 2 rings (SSSR count). The minimum absolute atomic E-state index is 0.269. The number of nitrogens with one attached hydrogen (secondary N) is 1. The van der Waals surface area contributed by atoms with Gasteiger partial charge in [0, 0.05) is 25.5 Å². The van der Waals surface area contributed by atoms with Crippen molar-refractivity contribution in [3.8, 4) is 6.07 Å². The molecule has 0 aromatic carbocycles. The summed E-state index contributed by atoms with van der Waals surface area (Å²) in [7, 11) is 0. The average molecular weight is 208 g/mol. The molecular formula is C12H20N2O. The molecule has 2 fully saturated rings. The first-order chi connectivity index (χ1) is 7.28. The summed E-state index contributed by atoms with van der Waals surface area (Å²) in [5.41, 5.74) is -0.269. The molecule has 1 N–H and O–H groups in total.